The van der Waals surface area contributed by atoms with Gasteiger partial charge in [-0.15, -0.1) is 0 Å². The van der Waals surface area contributed by atoms with Gasteiger partial charge >= 0.3 is 0 Å². The van der Waals surface area contributed by atoms with Crippen LogP contribution in [0, 0.1) is 0 Å². The molecular weight excluding hydrogens is 422 g/mol. The third-order valence-corrected chi connectivity index (χ3v) is 8.07. The molecule has 2 rings (SSSR count). The lowest BCUT2D eigenvalue weighted by Crippen LogP contribution is -2.44. The number of hydrogen-bond donors (Lipinski definition) is 2. The molecule has 1 aromatic carbocycles. The number of carbonyl (C=O) groups excluding carboxylic acids is 2. The molecule has 1 atom stereocenters. The molecule has 10 nitrogen and oxygen atoms in total. The summed E-state index contributed by atoms with van der Waals surface area (Å²) < 4.78 is 55.1. The van der Waals surface area contributed by atoms with Crippen LogP contribution in [0.3, 0.4) is 0 Å². The van der Waals surface area contributed by atoms with Crippen LogP contribution in [0.15, 0.2) is 23.1 Å². The molecule has 2 N–H and O–H groups in total. The van der Waals surface area contributed by atoms with Crippen LogP contribution in [0.25, 0.3) is 0 Å². The summed E-state index contributed by atoms with van der Waals surface area (Å²) in [4.78, 5) is 23.5. The first-order valence-electron chi connectivity index (χ1n) is 8.94. The van der Waals surface area contributed by atoms with Gasteiger partial charge in [0.2, 0.25) is 21.8 Å². The average Bonchev–Trinajstić information content (AvgIpc) is 2.97. The first-order chi connectivity index (χ1) is 13.5. The molecule has 1 heterocycles. The molecule has 0 aliphatic carbocycles. The summed E-state index contributed by atoms with van der Waals surface area (Å²) >= 11 is 0. The van der Waals surface area contributed by atoms with Crippen LogP contribution >= 0.6 is 0 Å². The topological polar surface area (TPSA) is 139 Å². The fraction of sp³-hybridized carbons (Fsp3) is 0.529. The van der Waals surface area contributed by atoms with E-state index in [1.807, 2.05) is 0 Å². The summed E-state index contributed by atoms with van der Waals surface area (Å²) in [5.74, 6) is -0.812. The van der Waals surface area contributed by atoms with E-state index in [-0.39, 0.29) is 28.6 Å². The number of nitrogens with one attached hydrogen (secondary N) is 2. The second-order valence-electron chi connectivity index (χ2n) is 6.64. The number of ether oxygens (including phenoxy) is 1. The Labute approximate surface area is 170 Å². The van der Waals surface area contributed by atoms with Crippen molar-refractivity contribution in [3.8, 4) is 5.75 Å². The Bertz CT molecular complexity index is 990. The van der Waals surface area contributed by atoms with E-state index in [1.54, 1.807) is 6.92 Å². The highest BCUT2D eigenvalue weighted by Crippen LogP contribution is 2.29. The van der Waals surface area contributed by atoms with Crippen LogP contribution < -0.4 is 15.4 Å². The van der Waals surface area contributed by atoms with Gasteiger partial charge in [-0.25, -0.2) is 16.8 Å². The van der Waals surface area contributed by atoms with Crippen molar-refractivity contribution < 1.29 is 31.2 Å². The molecule has 0 radical (unpaired) electrons. The molecule has 12 heteroatoms. The second kappa shape index (κ2) is 9.09. The summed E-state index contributed by atoms with van der Waals surface area (Å²) in [6.07, 6.45) is 0.311. The molecule has 0 saturated carbocycles. The minimum atomic E-state index is -4.04. The summed E-state index contributed by atoms with van der Waals surface area (Å²) in [6.45, 7) is 2.45. The van der Waals surface area contributed by atoms with Crippen molar-refractivity contribution in [1.29, 1.82) is 0 Å². The number of rotatable bonds is 8. The predicted octanol–water partition coefficient (Wildman–Crippen LogP) is -0.0325. The van der Waals surface area contributed by atoms with Crippen molar-refractivity contribution in [3.63, 3.8) is 0 Å². The van der Waals surface area contributed by atoms with E-state index in [0.29, 0.717) is 12.2 Å². The number of sulfone groups is 1. The number of hydrogen-bond acceptors (Lipinski definition) is 7. The van der Waals surface area contributed by atoms with Crippen molar-refractivity contribution in [3.05, 3.63) is 18.2 Å². The van der Waals surface area contributed by atoms with Gasteiger partial charge in [0.1, 0.15) is 5.75 Å². The van der Waals surface area contributed by atoms with Crippen LogP contribution in [0.2, 0.25) is 0 Å². The van der Waals surface area contributed by atoms with Gasteiger partial charge in [-0.2, -0.15) is 4.31 Å². The molecular formula is C17H25N3O7S2. The molecule has 0 spiro atoms. The maximum atomic E-state index is 13.0. The molecule has 29 heavy (non-hydrogen) atoms. The summed E-state index contributed by atoms with van der Waals surface area (Å²) in [5.41, 5.74) is 0.192. The molecule has 162 valence electrons. The predicted molar refractivity (Wildman–Crippen MR) is 107 cm³/mol. The van der Waals surface area contributed by atoms with E-state index in [4.69, 9.17) is 4.74 Å². The van der Waals surface area contributed by atoms with Crippen LogP contribution in [-0.2, 0) is 29.4 Å². The zero-order valence-corrected chi connectivity index (χ0v) is 18.1. The second-order valence-corrected chi connectivity index (χ2v) is 10.8. The Morgan fingerprint density at radius 3 is 2.52 bits per heavy atom. The first-order valence-corrected chi connectivity index (χ1v) is 12.2. The molecule has 1 fully saturated rings. The Morgan fingerprint density at radius 2 is 2.00 bits per heavy atom. The van der Waals surface area contributed by atoms with Gasteiger partial charge in [0, 0.05) is 19.5 Å². The fourth-order valence-corrected chi connectivity index (χ4v) is 6.10. The number of nitrogens with zero attached hydrogens (tertiary/aromatic N) is 1. The highest BCUT2D eigenvalue weighted by molar-refractivity contribution is 7.91. The SMILES string of the molecule is CCN(CC(=O)NC1CCS(=O)(=O)C1)S(=O)(=O)c1ccc(OC)c(NC(C)=O)c1. The molecule has 1 aliphatic rings. The third-order valence-electron chi connectivity index (χ3n) is 4.39. The van der Waals surface area contributed by atoms with Crippen LogP contribution in [-0.4, -0.2) is 70.7 Å². The van der Waals surface area contributed by atoms with Gasteiger partial charge < -0.3 is 15.4 Å². The van der Waals surface area contributed by atoms with Crippen LogP contribution in [0.5, 0.6) is 5.75 Å². The van der Waals surface area contributed by atoms with E-state index >= 15 is 0 Å². The summed E-state index contributed by atoms with van der Waals surface area (Å²) in [5, 5.41) is 5.08. The lowest BCUT2D eigenvalue weighted by molar-refractivity contribution is -0.121. The number of amides is 2. The zero-order valence-electron chi connectivity index (χ0n) is 16.5. The van der Waals surface area contributed by atoms with E-state index in [1.165, 1.54) is 32.2 Å². The van der Waals surface area contributed by atoms with Gasteiger partial charge in [0.15, 0.2) is 9.84 Å². The van der Waals surface area contributed by atoms with Gasteiger partial charge in [-0.1, -0.05) is 6.92 Å². The normalized spacial score (nSPS) is 18.4. The van der Waals surface area contributed by atoms with Gasteiger partial charge in [-0.3, -0.25) is 9.59 Å². The Balaban J connectivity index is 2.19. The number of benzene rings is 1. The largest absolute Gasteiger partial charge is 0.495 e. The lowest BCUT2D eigenvalue weighted by atomic mass is 10.2. The fourth-order valence-electron chi connectivity index (χ4n) is 2.99. The maximum absolute atomic E-state index is 13.0. The standard InChI is InChI=1S/C17H25N3O7S2/c1-4-20(10-17(22)19-13-7-8-28(23,24)11-13)29(25,26)14-5-6-16(27-3)15(9-14)18-12(2)21/h5-6,9,13H,4,7-8,10-11H2,1-3H3,(H,18,21)(H,19,22). The number of carbonyl (C=O) groups is 2. The quantitative estimate of drug-likeness (QED) is 0.570. The van der Waals surface area contributed by atoms with Crippen molar-refractivity contribution in [2.75, 3.05) is 37.0 Å². The maximum Gasteiger partial charge on any atom is 0.243 e. The molecule has 1 unspecified atom stereocenters. The van der Waals surface area contributed by atoms with Gasteiger partial charge in [0.05, 0.1) is 35.7 Å². The summed E-state index contributed by atoms with van der Waals surface area (Å²) in [6, 6.07) is 3.49. The highest BCUT2D eigenvalue weighted by Gasteiger charge is 2.31. The third kappa shape index (κ3) is 5.90. The molecule has 0 bridgehead atoms. The molecule has 1 aliphatic heterocycles. The highest BCUT2D eigenvalue weighted by atomic mass is 32.2. The van der Waals surface area contributed by atoms with Crippen molar-refractivity contribution in [2.45, 2.75) is 31.2 Å². The number of methoxy groups -OCH3 is 1. The number of anilines is 1. The molecule has 1 saturated heterocycles. The molecule has 0 aromatic heterocycles. The van der Waals surface area contributed by atoms with Crippen molar-refractivity contribution in [2.24, 2.45) is 0 Å². The van der Waals surface area contributed by atoms with Gasteiger partial charge in [0.25, 0.3) is 0 Å². The Hall–Kier alpha value is -2.18. The zero-order chi connectivity index (χ0) is 21.8. The smallest absolute Gasteiger partial charge is 0.243 e. The van der Waals surface area contributed by atoms with E-state index < -0.39 is 44.3 Å². The van der Waals surface area contributed by atoms with E-state index in [0.717, 1.165) is 4.31 Å². The Morgan fingerprint density at radius 1 is 1.31 bits per heavy atom. The van der Waals surface area contributed by atoms with E-state index in [2.05, 4.69) is 10.6 Å². The van der Waals surface area contributed by atoms with Crippen molar-refractivity contribution in [1.82, 2.24) is 9.62 Å². The lowest BCUT2D eigenvalue weighted by Gasteiger charge is -2.22. The number of sulfonamides is 1. The van der Waals surface area contributed by atoms with Crippen molar-refractivity contribution >= 4 is 37.4 Å². The van der Waals surface area contributed by atoms with Crippen LogP contribution in [0.1, 0.15) is 20.3 Å². The summed E-state index contributed by atoms with van der Waals surface area (Å²) in [7, 11) is -5.81. The monoisotopic (exact) mass is 447 g/mol. The minimum absolute atomic E-state index is 0.00547. The molecule has 2 amide bonds. The van der Waals surface area contributed by atoms with Gasteiger partial charge in [-0.05, 0) is 24.6 Å². The number of likely N-dealkylation sites (N-methyl/N-ethyl adjacent to an activating group) is 1. The average molecular weight is 448 g/mol. The Kier molecular flexibility index (Phi) is 7.25. The first kappa shape index (κ1) is 23.1. The van der Waals surface area contributed by atoms with E-state index in [9.17, 15) is 26.4 Å². The van der Waals surface area contributed by atoms with Crippen LogP contribution in [0.4, 0.5) is 5.69 Å². The molecule has 1 aromatic rings. The minimum Gasteiger partial charge on any atom is -0.495 e.